The second kappa shape index (κ2) is 5.35. The number of nitrogens with zero attached hydrogens (tertiary/aromatic N) is 2. The highest BCUT2D eigenvalue weighted by Gasteiger charge is 2.37. The maximum absolute atomic E-state index is 12.1. The van der Waals surface area contributed by atoms with Crippen molar-refractivity contribution in [1.82, 2.24) is 9.88 Å². The molecule has 0 aliphatic carbocycles. The van der Waals surface area contributed by atoms with E-state index < -0.39 is 11.9 Å². The summed E-state index contributed by atoms with van der Waals surface area (Å²) in [5, 5.41) is 9.20. The van der Waals surface area contributed by atoms with Gasteiger partial charge >= 0.3 is 5.97 Å². The molecule has 102 valence electrons. The van der Waals surface area contributed by atoms with Crippen LogP contribution in [-0.4, -0.2) is 40.0 Å². The van der Waals surface area contributed by atoms with Gasteiger partial charge in [-0.15, -0.1) is 0 Å². The van der Waals surface area contributed by atoms with Gasteiger partial charge in [-0.2, -0.15) is 0 Å². The van der Waals surface area contributed by atoms with Crippen LogP contribution in [0.2, 0.25) is 10.3 Å². The third kappa shape index (κ3) is 2.98. The number of hydrogen-bond donors (Lipinski definition) is 1. The normalized spacial score (nSPS) is 16.9. The summed E-state index contributed by atoms with van der Waals surface area (Å²) in [6.07, 6.45) is 0. The Morgan fingerprint density at radius 3 is 2.37 bits per heavy atom. The van der Waals surface area contributed by atoms with E-state index in [9.17, 15) is 9.59 Å². The van der Waals surface area contributed by atoms with Crippen LogP contribution in [0.25, 0.3) is 0 Å². The van der Waals surface area contributed by atoms with Gasteiger partial charge in [0.25, 0.3) is 5.91 Å². The Hall–Kier alpha value is -1.33. The van der Waals surface area contributed by atoms with Crippen molar-refractivity contribution in [2.45, 2.75) is 6.92 Å². The molecule has 1 aliphatic heterocycles. The molecule has 2 rings (SSSR count). The fraction of sp³-hybridized carbons (Fsp3) is 0.417. The molecule has 0 bridgehead atoms. The minimum absolute atomic E-state index is 0.00534. The molecule has 1 N–H and O–H groups in total. The van der Waals surface area contributed by atoms with Crippen molar-refractivity contribution < 1.29 is 14.7 Å². The van der Waals surface area contributed by atoms with E-state index in [0.717, 1.165) is 0 Å². The maximum atomic E-state index is 12.1. The summed E-state index contributed by atoms with van der Waals surface area (Å²) in [6, 6.07) is 2.90. The SMILES string of the molecule is CC(C(=O)O)C1CN(C(=O)c2cc(Cl)nc(Cl)c2)C1. The summed E-state index contributed by atoms with van der Waals surface area (Å²) < 4.78 is 0. The summed E-state index contributed by atoms with van der Waals surface area (Å²) >= 11 is 11.5. The predicted molar refractivity (Wildman–Crippen MR) is 70.5 cm³/mol. The van der Waals surface area contributed by atoms with Crippen LogP contribution in [0.15, 0.2) is 12.1 Å². The largest absolute Gasteiger partial charge is 0.481 e. The number of carboxylic acid groups (broad SMARTS) is 1. The zero-order valence-corrected chi connectivity index (χ0v) is 11.6. The topological polar surface area (TPSA) is 70.5 Å². The third-order valence-electron chi connectivity index (χ3n) is 3.30. The van der Waals surface area contributed by atoms with Crippen LogP contribution in [-0.2, 0) is 4.79 Å². The molecule has 1 fully saturated rings. The van der Waals surface area contributed by atoms with Crippen LogP contribution >= 0.6 is 23.2 Å². The lowest BCUT2D eigenvalue weighted by Crippen LogP contribution is -2.53. The number of pyridine rings is 1. The summed E-state index contributed by atoms with van der Waals surface area (Å²) in [4.78, 5) is 28.3. The van der Waals surface area contributed by atoms with Crippen LogP contribution in [0.5, 0.6) is 0 Å². The van der Waals surface area contributed by atoms with E-state index in [2.05, 4.69) is 4.98 Å². The van der Waals surface area contributed by atoms with Gasteiger partial charge < -0.3 is 10.0 Å². The molecule has 1 aromatic heterocycles. The molecule has 0 aromatic carbocycles. The molecule has 0 saturated carbocycles. The Morgan fingerprint density at radius 2 is 1.89 bits per heavy atom. The summed E-state index contributed by atoms with van der Waals surface area (Å²) in [5.41, 5.74) is 0.367. The summed E-state index contributed by atoms with van der Waals surface area (Å²) in [6.45, 7) is 2.52. The Balaban J connectivity index is 2.02. The lowest BCUT2D eigenvalue weighted by Gasteiger charge is -2.41. The Kier molecular flexibility index (Phi) is 3.96. The van der Waals surface area contributed by atoms with Gasteiger partial charge in [-0.25, -0.2) is 4.98 Å². The van der Waals surface area contributed by atoms with Crippen molar-refractivity contribution in [3.8, 4) is 0 Å². The predicted octanol–water partition coefficient (Wildman–Crippen LogP) is 2.18. The van der Waals surface area contributed by atoms with E-state index in [1.165, 1.54) is 12.1 Å². The van der Waals surface area contributed by atoms with E-state index in [0.29, 0.717) is 18.7 Å². The molecule has 0 radical (unpaired) electrons. The van der Waals surface area contributed by atoms with E-state index >= 15 is 0 Å². The van der Waals surface area contributed by atoms with Crippen molar-refractivity contribution in [2.24, 2.45) is 11.8 Å². The highest BCUT2D eigenvalue weighted by atomic mass is 35.5. The van der Waals surface area contributed by atoms with Crippen LogP contribution in [0.4, 0.5) is 0 Å². The fourth-order valence-electron chi connectivity index (χ4n) is 1.97. The van der Waals surface area contributed by atoms with Crippen LogP contribution in [0.3, 0.4) is 0 Å². The zero-order chi connectivity index (χ0) is 14.2. The van der Waals surface area contributed by atoms with Crippen LogP contribution in [0, 0.1) is 11.8 Å². The second-order valence-electron chi connectivity index (χ2n) is 4.60. The average Bonchev–Trinajstić information content (AvgIpc) is 2.25. The standard InChI is InChI=1S/C12H12Cl2N2O3/c1-6(12(18)19)8-4-16(5-8)11(17)7-2-9(13)15-10(14)3-7/h2-3,6,8H,4-5H2,1H3,(H,18,19). The van der Waals surface area contributed by atoms with Crippen LogP contribution in [0.1, 0.15) is 17.3 Å². The van der Waals surface area contributed by atoms with Crippen molar-refractivity contribution in [2.75, 3.05) is 13.1 Å². The zero-order valence-electron chi connectivity index (χ0n) is 10.1. The molecule has 1 saturated heterocycles. The average molecular weight is 303 g/mol. The summed E-state index contributed by atoms with van der Waals surface area (Å²) in [5.74, 6) is -1.50. The lowest BCUT2D eigenvalue weighted by molar-refractivity contribution is -0.144. The van der Waals surface area contributed by atoms with E-state index in [1.807, 2.05) is 0 Å². The Morgan fingerprint density at radius 1 is 1.37 bits per heavy atom. The lowest BCUT2D eigenvalue weighted by atomic mass is 9.86. The van der Waals surface area contributed by atoms with Gasteiger partial charge in [0.1, 0.15) is 10.3 Å². The molecule has 1 aliphatic rings. The van der Waals surface area contributed by atoms with E-state index in [1.54, 1.807) is 11.8 Å². The molecule has 1 unspecified atom stereocenters. The number of amides is 1. The first-order valence-electron chi connectivity index (χ1n) is 5.73. The monoisotopic (exact) mass is 302 g/mol. The fourth-order valence-corrected chi connectivity index (χ4v) is 2.43. The van der Waals surface area contributed by atoms with Crippen LogP contribution < -0.4 is 0 Å². The summed E-state index contributed by atoms with van der Waals surface area (Å²) in [7, 11) is 0. The molecular weight excluding hydrogens is 291 g/mol. The number of hydrogen-bond acceptors (Lipinski definition) is 3. The first-order valence-corrected chi connectivity index (χ1v) is 6.49. The van der Waals surface area contributed by atoms with Crippen molar-refractivity contribution in [1.29, 1.82) is 0 Å². The number of carboxylic acids is 1. The van der Waals surface area contributed by atoms with Crippen molar-refractivity contribution in [3.05, 3.63) is 28.0 Å². The molecule has 19 heavy (non-hydrogen) atoms. The second-order valence-corrected chi connectivity index (χ2v) is 5.37. The van der Waals surface area contributed by atoms with E-state index in [-0.39, 0.29) is 22.1 Å². The van der Waals surface area contributed by atoms with Gasteiger partial charge in [-0.1, -0.05) is 30.1 Å². The third-order valence-corrected chi connectivity index (χ3v) is 3.69. The quantitative estimate of drug-likeness (QED) is 0.869. The van der Waals surface area contributed by atoms with Gasteiger partial charge in [-0.3, -0.25) is 9.59 Å². The number of rotatable bonds is 3. The van der Waals surface area contributed by atoms with Gasteiger partial charge in [0.05, 0.1) is 5.92 Å². The van der Waals surface area contributed by atoms with Crippen molar-refractivity contribution >= 4 is 35.1 Å². The van der Waals surface area contributed by atoms with Gasteiger partial charge in [0, 0.05) is 24.6 Å². The van der Waals surface area contributed by atoms with Gasteiger partial charge in [-0.05, 0) is 12.1 Å². The number of carbonyl (C=O) groups is 2. The Labute approximate surface area is 120 Å². The van der Waals surface area contributed by atoms with Gasteiger partial charge in [0.2, 0.25) is 0 Å². The molecular formula is C12H12Cl2N2O3. The minimum Gasteiger partial charge on any atom is -0.481 e. The molecule has 5 nitrogen and oxygen atoms in total. The maximum Gasteiger partial charge on any atom is 0.306 e. The van der Waals surface area contributed by atoms with E-state index in [4.69, 9.17) is 28.3 Å². The van der Waals surface area contributed by atoms with Gasteiger partial charge in [0.15, 0.2) is 0 Å². The number of carbonyl (C=O) groups excluding carboxylic acids is 1. The number of aromatic nitrogens is 1. The highest BCUT2D eigenvalue weighted by Crippen LogP contribution is 2.26. The highest BCUT2D eigenvalue weighted by molar-refractivity contribution is 6.33. The first kappa shape index (κ1) is 14.1. The molecule has 1 amide bonds. The molecule has 0 spiro atoms. The smallest absolute Gasteiger partial charge is 0.306 e. The number of aliphatic carboxylic acids is 1. The minimum atomic E-state index is -0.841. The van der Waals surface area contributed by atoms with Crippen molar-refractivity contribution in [3.63, 3.8) is 0 Å². The molecule has 1 aromatic rings. The number of likely N-dealkylation sites (tertiary alicyclic amines) is 1. The molecule has 1 atom stereocenters. The molecule has 2 heterocycles. The first-order chi connectivity index (χ1) is 8.88. The number of halogens is 2. The Bertz CT molecular complexity index is 509. The molecule has 7 heteroatoms.